The highest BCUT2D eigenvalue weighted by Gasteiger charge is 2.11. The summed E-state index contributed by atoms with van der Waals surface area (Å²) in [5, 5.41) is 0. The highest BCUT2D eigenvalue weighted by atomic mass is 16.5. The van der Waals surface area contributed by atoms with Gasteiger partial charge >= 0.3 is 0 Å². The molecule has 33 heavy (non-hydrogen) atoms. The van der Waals surface area contributed by atoms with E-state index in [-0.39, 0.29) is 0 Å². The fourth-order valence-electron chi connectivity index (χ4n) is 3.91. The van der Waals surface area contributed by atoms with Crippen molar-refractivity contribution in [2.75, 3.05) is 13.7 Å². The molecule has 3 heteroatoms. The summed E-state index contributed by atoms with van der Waals surface area (Å²) in [7, 11) is 1.70. The van der Waals surface area contributed by atoms with Crippen LogP contribution in [0, 0.1) is 0 Å². The zero-order valence-electron chi connectivity index (χ0n) is 19.2. The molecule has 0 saturated carbocycles. The number of nitrogens with zero attached hydrogens (tertiary/aromatic N) is 1. The Bertz CT molecular complexity index is 1100. The summed E-state index contributed by atoms with van der Waals surface area (Å²) < 4.78 is 11.7. The van der Waals surface area contributed by atoms with Gasteiger partial charge in [0.1, 0.15) is 6.61 Å². The molecule has 0 N–H and O–H groups in total. The van der Waals surface area contributed by atoms with Crippen molar-refractivity contribution in [3.63, 3.8) is 0 Å². The highest BCUT2D eigenvalue weighted by molar-refractivity contribution is 5.43. The number of hydrogen-bond acceptors (Lipinski definition) is 3. The van der Waals surface area contributed by atoms with Gasteiger partial charge in [-0.1, -0.05) is 97.1 Å². The first-order chi connectivity index (χ1) is 16.3. The molecule has 3 nitrogen and oxygen atoms in total. The van der Waals surface area contributed by atoms with Crippen LogP contribution in [0.15, 0.2) is 109 Å². The van der Waals surface area contributed by atoms with E-state index in [1.807, 2.05) is 24.3 Å². The van der Waals surface area contributed by atoms with Crippen LogP contribution in [0.4, 0.5) is 0 Å². The lowest BCUT2D eigenvalue weighted by Crippen LogP contribution is -2.25. The van der Waals surface area contributed by atoms with E-state index in [2.05, 4.69) is 89.8 Å². The summed E-state index contributed by atoms with van der Waals surface area (Å²) in [6.07, 6.45) is 1.02. The predicted octanol–water partition coefficient (Wildman–Crippen LogP) is 6.52. The first kappa shape index (κ1) is 22.6. The Labute approximate surface area is 197 Å². The van der Waals surface area contributed by atoms with E-state index < -0.39 is 0 Å². The molecule has 0 aliphatic heterocycles. The maximum Gasteiger partial charge on any atom is 0.161 e. The van der Waals surface area contributed by atoms with Gasteiger partial charge in [-0.25, -0.2) is 0 Å². The Morgan fingerprint density at radius 2 is 1.15 bits per heavy atom. The summed E-state index contributed by atoms with van der Waals surface area (Å²) in [5.41, 5.74) is 5.03. The van der Waals surface area contributed by atoms with Crippen LogP contribution in [0.1, 0.15) is 22.3 Å². The van der Waals surface area contributed by atoms with Gasteiger partial charge in [-0.05, 0) is 40.8 Å². The van der Waals surface area contributed by atoms with Crippen LogP contribution in [0.3, 0.4) is 0 Å². The second kappa shape index (κ2) is 11.9. The molecule has 0 amide bonds. The van der Waals surface area contributed by atoms with E-state index >= 15 is 0 Å². The third-order valence-corrected chi connectivity index (χ3v) is 5.68. The van der Waals surface area contributed by atoms with E-state index in [4.69, 9.17) is 9.47 Å². The lowest BCUT2D eigenvalue weighted by Gasteiger charge is -2.23. The molecule has 0 aliphatic carbocycles. The molecule has 0 spiro atoms. The lowest BCUT2D eigenvalue weighted by molar-refractivity contribution is 0.258. The van der Waals surface area contributed by atoms with Gasteiger partial charge in [0.25, 0.3) is 0 Å². The zero-order valence-corrected chi connectivity index (χ0v) is 19.2. The van der Waals surface area contributed by atoms with Crippen LogP contribution in [-0.2, 0) is 26.1 Å². The fourth-order valence-corrected chi connectivity index (χ4v) is 3.91. The molecule has 0 saturated heterocycles. The van der Waals surface area contributed by atoms with Crippen molar-refractivity contribution in [3.8, 4) is 11.5 Å². The van der Waals surface area contributed by atoms with Crippen molar-refractivity contribution in [1.29, 1.82) is 0 Å². The predicted molar refractivity (Wildman–Crippen MR) is 134 cm³/mol. The third kappa shape index (κ3) is 6.96. The first-order valence-corrected chi connectivity index (χ1v) is 11.4. The Balaban J connectivity index is 1.45. The smallest absolute Gasteiger partial charge is 0.161 e. The minimum Gasteiger partial charge on any atom is -0.493 e. The zero-order chi connectivity index (χ0) is 22.7. The first-order valence-electron chi connectivity index (χ1n) is 11.4. The average molecular weight is 438 g/mol. The van der Waals surface area contributed by atoms with Gasteiger partial charge in [0.2, 0.25) is 0 Å². The quantitative estimate of drug-likeness (QED) is 0.267. The standard InChI is InChI=1S/C30H31NO2/c1-32-30-21-28(17-18-29(30)33-24-27-15-9-4-10-16-27)23-31(22-26-13-7-3-8-14-26)20-19-25-11-5-2-6-12-25/h2-18,21H,19-20,22-24H2,1H3. The second-order valence-electron chi connectivity index (χ2n) is 8.19. The molecule has 168 valence electrons. The van der Waals surface area contributed by atoms with Gasteiger partial charge in [-0.15, -0.1) is 0 Å². The van der Waals surface area contributed by atoms with Crippen LogP contribution in [0.5, 0.6) is 11.5 Å². The molecule has 0 radical (unpaired) electrons. The Morgan fingerprint density at radius 3 is 1.79 bits per heavy atom. The molecule has 0 bridgehead atoms. The summed E-state index contributed by atoms with van der Waals surface area (Å²) in [5.74, 6) is 1.54. The fraction of sp³-hybridized carbons (Fsp3) is 0.200. The SMILES string of the molecule is COc1cc(CN(CCc2ccccc2)Cc2ccccc2)ccc1OCc1ccccc1. The maximum atomic E-state index is 6.04. The van der Waals surface area contributed by atoms with Crippen molar-refractivity contribution in [3.05, 3.63) is 131 Å². The van der Waals surface area contributed by atoms with E-state index in [0.29, 0.717) is 6.61 Å². The van der Waals surface area contributed by atoms with Gasteiger partial charge in [0.15, 0.2) is 11.5 Å². The van der Waals surface area contributed by atoms with Crippen molar-refractivity contribution < 1.29 is 9.47 Å². The number of hydrogen-bond donors (Lipinski definition) is 0. The van der Waals surface area contributed by atoms with Crippen LogP contribution >= 0.6 is 0 Å². The molecular weight excluding hydrogens is 406 g/mol. The van der Waals surface area contributed by atoms with Gasteiger partial charge in [0, 0.05) is 19.6 Å². The third-order valence-electron chi connectivity index (χ3n) is 5.68. The van der Waals surface area contributed by atoms with E-state index in [1.165, 1.54) is 16.7 Å². The van der Waals surface area contributed by atoms with Crippen LogP contribution in [0.2, 0.25) is 0 Å². The molecule has 4 rings (SSSR count). The van der Waals surface area contributed by atoms with Crippen LogP contribution in [0.25, 0.3) is 0 Å². The summed E-state index contributed by atoms with van der Waals surface area (Å²) in [4.78, 5) is 2.49. The van der Waals surface area contributed by atoms with Crippen molar-refractivity contribution in [2.45, 2.75) is 26.1 Å². The Kier molecular flexibility index (Phi) is 8.15. The van der Waals surface area contributed by atoms with Crippen molar-refractivity contribution in [1.82, 2.24) is 4.90 Å². The molecule has 0 fully saturated rings. The number of benzene rings is 4. The molecule has 0 unspecified atom stereocenters. The lowest BCUT2D eigenvalue weighted by atomic mass is 10.1. The van der Waals surface area contributed by atoms with Crippen molar-refractivity contribution in [2.24, 2.45) is 0 Å². The van der Waals surface area contributed by atoms with Gasteiger partial charge < -0.3 is 9.47 Å². The highest BCUT2D eigenvalue weighted by Crippen LogP contribution is 2.29. The maximum absolute atomic E-state index is 6.04. The summed E-state index contributed by atoms with van der Waals surface area (Å²) in [6, 6.07) is 37.8. The van der Waals surface area contributed by atoms with Gasteiger partial charge in [-0.3, -0.25) is 4.90 Å². The number of ether oxygens (including phenoxy) is 2. The minimum absolute atomic E-state index is 0.522. The largest absolute Gasteiger partial charge is 0.493 e. The van der Waals surface area contributed by atoms with Crippen molar-refractivity contribution >= 4 is 0 Å². The molecule has 4 aromatic rings. The van der Waals surface area contributed by atoms with E-state index in [9.17, 15) is 0 Å². The molecule has 0 aliphatic rings. The molecule has 0 aromatic heterocycles. The van der Waals surface area contributed by atoms with E-state index in [1.54, 1.807) is 7.11 Å². The second-order valence-corrected chi connectivity index (χ2v) is 8.19. The van der Waals surface area contributed by atoms with E-state index in [0.717, 1.165) is 43.1 Å². The normalized spacial score (nSPS) is 10.8. The minimum atomic E-state index is 0.522. The molecule has 0 atom stereocenters. The molecule has 0 heterocycles. The summed E-state index contributed by atoms with van der Waals surface area (Å²) in [6.45, 7) is 3.25. The Morgan fingerprint density at radius 1 is 0.576 bits per heavy atom. The van der Waals surface area contributed by atoms with Gasteiger partial charge in [-0.2, -0.15) is 0 Å². The topological polar surface area (TPSA) is 21.7 Å². The number of methoxy groups -OCH3 is 1. The monoisotopic (exact) mass is 437 g/mol. The van der Waals surface area contributed by atoms with Crippen LogP contribution in [-0.4, -0.2) is 18.6 Å². The van der Waals surface area contributed by atoms with Gasteiger partial charge in [0.05, 0.1) is 7.11 Å². The average Bonchev–Trinajstić information content (AvgIpc) is 2.88. The number of rotatable bonds is 11. The molecular formula is C30H31NO2. The summed E-state index contributed by atoms with van der Waals surface area (Å²) >= 11 is 0. The van der Waals surface area contributed by atoms with Crippen LogP contribution < -0.4 is 9.47 Å². The Hall–Kier alpha value is -3.56. The molecule has 4 aromatic carbocycles.